The van der Waals surface area contributed by atoms with E-state index in [-0.39, 0.29) is 23.3 Å². The van der Waals surface area contributed by atoms with Gasteiger partial charge in [0.05, 0.1) is 18.8 Å². The lowest BCUT2D eigenvalue weighted by atomic mass is 9.92. The topological polar surface area (TPSA) is 85.7 Å². The Hall–Kier alpha value is -1.00. The van der Waals surface area contributed by atoms with Gasteiger partial charge in [0.1, 0.15) is 22.5 Å². The molecule has 0 bridgehead atoms. The summed E-state index contributed by atoms with van der Waals surface area (Å²) in [7, 11) is 0. The van der Waals surface area contributed by atoms with Gasteiger partial charge in [0.15, 0.2) is 0 Å². The number of pyridine rings is 1. The number of alkyl halides is 3. The number of ether oxygens (including phenoxy) is 1. The van der Waals surface area contributed by atoms with Crippen molar-refractivity contribution >= 4 is 12.2 Å². The SMILES string of the molecule is CC(C)C1CC(O)C(O)C(CO)O1.FC(F)(F)c1cccc(=S)[nH]1. The zero-order valence-corrected chi connectivity index (χ0v) is 14.1. The van der Waals surface area contributed by atoms with E-state index in [1.165, 1.54) is 12.1 Å². The molecule has 0 spiro atoms. The number of hydrogen-bond donors (Lipinski definition) is 4. The Labute approximate surface area is 143 Å². The van der Waals surface area contributed by atoms with Crippen molar-refractivity contribution in [1.29, 1.82) is 0 Å². The maximum absolute atomic E-state index is 11.9. The normalized spacial score (nSPS) is 27.5. The van der Waals surface area contributed by atoms with Crippen LogP contribution in [0.25, 0.3) is 0 Å². The molecule has 5 nitrogen and oxygen atoms in total. The number of halogens is 3. The molecule has 24 heavy (non-hydrogen) atoms. The first-order valence-electron chi connectivity index (χ1n) is 7.45. The van der Waals surface area contributed by atoms with Crippen molar-refractivity contribution in [3.05, 3.63) is 28.5 Å². The van der Waals surface area contributed by atoms with Crippen molar-refractivity contribution in [2.75, 3.05) is 6.61 Å². The predicted molar refractivity (Wildman–Crippen MR) is 83.8 cm³/mol. The van der Waals surface area contributed by atoms with Crippen LogP contribution in [0, 0.1) is 10.6 Å². The van der Waals surface area contributed by atoms with E-state index in [2.05, 4.69) is 12.2 Å². The standard InChI is InChI=1S/C9H18O4.C6H4F3NS/c1-5(2)7-3-6(11)9(12)8(4-10)13-7;7-6(8,9)4-2-1-3-5(11)10-4/h5-12H,3-4H2,1-2H3;1-3H,(H,10,11). The fraction of sp³-hybridized carbons (Fsp3) is 0.667. The summed E-state index contributed by atoms with van der Waals surface area (Å²) in [5, 5.41) is 27.7. The lowest BCUT2D eigenvalue weighted by molar-refractivity contribution is -0.189. The van der Waals surface area contributed by atoms with E-state index in [0.717, 1.165) is 6.07 Å². The number of hydrogen-bond acceptors (Lipinski definition) is 5. The van der Waals surface area contributed by atoms with Crippen molar-refractivity contribution < 1.29 is 33.2 Å². The summed E-state index contributed by atoms with van der Waals surface area (Å²) in [5.41, 5.74) is -0.815. The summed E-state index contributed by atoms with van der Waals surface area (Å²) >= 11 is 4.51. The van der Waals surface area contributed by atoms with Crippen LogP contribution in [0.1, 0.15) is 26.0 Å². The van der Waals surface area contributed by atoms with E-state index < -0.39 is 30.2 Å². The molecule has 138 valence electrons. The Morgan fingerprint density at radius 3 is 2.38 bits per heavy atom. The van der Waals surface area contributed by atoms with Gasteiger partial charge in [-0.15, -0.1) is 0 Å². The summed E-state index contributed by atoms with van der Waals surface area (Å²) < 4.78 is 41.2. The first-order valence-corrected chi connectivity index (χ1v) is 7.86. The number of aromatic amines is 1. The molecule has 0 saturated carbocycles. The molecule has 2 heterocycles. The van der Waals surface area contributed by atoms with Crippen LogP contribution in [0.4, 0.5) is 13.2 Å². The highest BCUT2D eigenvalue weighted by molar-refractivity contribution is 7.71. The van der Waals surface area contributed by atoms with Crippen LogP contribution in [0.5, 0.6) is 0 Å². The second-order valence-corrected chi connectivity index (χ2v) is 6.30. The summed E-state index contributed by atoms with van der Waals surface area (Å²) in [5.74, 6) is 0.288. The number of nitrogens with one attached hydrogen (secondary N) is 1. The molecule has 1 fully saturated rings. The number of aromatic nitrogens is 1. The predicted octanol–water partition coefficient (Wildman–Crippen LogP) is 2.28. The van der Waals surface area contributed by atoms with Crippen molar-refractivity contribution in [2.24, 2.45) is 5.92 Å². The average molecular weight is 369 g/mol. The molecular formula is C15H22F3NO4S. The first kappa shape index (κ1) is 21.0. The third-order valence-electron chi connectivity index (χ3n) is 3.60. The Morgan fingerprint density at radius 1 is 1.33 bits per heavy atom. The zero-order chi connectivity index (χ0) is 18.5. The maximum atomic E-state index is 11.9. The van der Waals surface area contributed by atoms with E-state index in [1.807, 2.05) is 18.8 Å². The molecule has 4 N–H and O–H groups in total. The Kier molecular flexibility index (Phi) is 7.81. The van der Waals surface area contributed by atoms with Crippen LogP contribution < -0.4 is 0 Å². The molecule has 2 rings (SSSR count). The van der Waals surface area contributed by atoms with Crippen LogP contribution >= 0.6 is 12.2 Å². The van der Waals surface area contributed by atoms with Crippen molar-refractivity contribution in [1.82, 2.24) is 4.98 Å². The van der Waals surface area contributed by atoms with Crippen LogP contribution in [-0.2, 0) is 10.9 Å². The second kappa shape index (κ2) is 8.91. The molecule has 1 aliphatic rings. The number of rotatable bonds is 2. The van der Waals surface area contributed by atoms with Gasteiger partial charge in [-0.2, -0.15) is 13.2 Å². The zero-order valence-electron chi connectivity index (χ0n) is 13.3. The largest absolute Gasteiger partial charge is 0.431 e. The second-order valence-electron chi connectivity index (χ2n) is 5.86. The quantitative estimate of drug-likeness (QED) is 0.601. The minimum Gasteiger partial charge on any atom is -0.394 e. The van der Waals surface area contributed by atoms with Gasteiger partial charge in [-0.25, -0.2) is 0 Å². The molecule has 0 amide bonds. The van der Waals surface area contributed by atoms with Gasteiger partial charge < -0.3 is 25.0 Å². The summed E-state index contributed by atoms with van der Waals surface area (Å²) in [6, 6.07) is 3.60. The smallest absolute Gasteiger partial charge is 0.394 e. The van der Waals surface area contributed by atoms with E-state index in [1.54, 1.807) is 0 Å². The molecule has 1 aromatic heterocycles. The molecule has 4 atom stereocenters. The van der Waals surface area contributed by atoms with E-state index in [0.29, 0.717) is 6.42 Å². The molecule has 0 aromatic carbocycles. The molecule has 4 unspecified atom stereocenters. The molecule has 1 aromatic rings. The van der Waals surface area contributed by atoms with Crippen molar-refractivity contribution in [3.63, 3.8) is 0 Å². The third-order valence-corrected chi connectivity index (χ3v) is 3.83. The maximum Gasteiger partial charge on any atom is 0.431 e. The van der Waals surface area contributed by atoms with Crippen molar-refractivity contribution in [2.45, 2.75) is 50.9 Å². The molecule has 0 radical (unpaired) electrons. The number of H-pyrrole nitrogens is 1. The van der Waals surface area contributed by atoms with E-state index in [4.69, 9.17) is 9.84 Å². The highest BCUT2D eigenvalue weighted by Crippen LogP contribution is 2.27. The van der Waals surface area contributed by atoms with Gasteiger partial charge >= 0.3 is 6.18 Å². The van der Waals surface area contributed by atoms with Gasteiger partial charge in [0.2, 0.25) is 0 Å². The fourth-order valence-electron chi connectivity index (χ4n) is 2.18. The fourth-order valence-corrected chi connectivity index (χ4v) is 2.37. The Bertz CT molecular complexity index is 564. The lowest BCUT2D eigenvalue weighted by Gasteiger charge is -2.38. The van der Waals surface area contributed by atoms with E-state index in [9.17, 15) is 23.4 Å². The highest BCUT2D eigenvalue weighted by atomic mass is 32.1. The van der Waals surface area contributed by atoms with Gasteiger partial charge in [0.25, 0.3) is 0 Å². The lowest BCUT2D eigenvalue weighted by Crippen LogP contribution is -2.51. The molecule has 1 aliphatic heterocycles. The monoisotopic (exact) mass is 369 g/mol. The van der Waals surface area contributed by atoms with Crippen molar-refractivity contribution in [3.8, 4) is 0 Å². The minimum absolute atomic E-state index is 0.0736. The molecule has 9 heteroatoms. The van der Waals surface area contributed by atoms with Gasteiger partial charge in [-0.3, -0.25) is 0 Å². The number of aliphatic hydroxyl groups excluding tert-OH is 3. The summed E-state index contributed by atoms with van der Waals surface area (Å²) in [6.07, 6.45) is -6.35. The third kappa shape index (κ3) is 6.14. The number of aliphatic hydroxyl groups is 3. The van der Waals surface area contributed by atoms with Crippen LogP contribution in [0.3, 0.4) is 0 Å². The highest BCUT2D eigenvalue weighted by Gasteiger charge is 2.37. The Balaban J connectivity index is 0.000000243. The van der Waals surface area contributed by atoms with Gasteiger partial charge in [-0.05, 0) is 18.1 Å². The molecule has 0 aliphatic carbocycles. The summed E-state index contributed by atoms with van der Waals surface area (Å²) in [4.78, 5) is 2.04. The molecular weight excluding hydrogens is 347 g/mol. The van der Waals surface area contributed by atoms with Crippen LogP contribution in [-0.4, -0.2) is 51.3 Å². The van der Waals surface area contributed by atoms with Gasteiger partial charge in [0, 0.05) is 6.42 Å². The van der Waals surface area contributed by atoms with E-state index >= 15 is 0 Å². The van der Waals surface area contributed by atoms with Crippen LogP contribution in [0.15, 0.2) is 18.2 Å². The van der Waals surface area contributed by atoms with Gasteiger partial charge in [-0.1, -0.05) is 32.1 Å². The molecule has 1 saturated heterocycles. The first-order chi connectivity index (χ1) is 11.1. The van der Waals surface area contributed by atoms with Crippen LogP contribution in [0.2, 0.25) is 0 Å². The summed E-state index contributed by atoms with van der Waals surface area (Å²) in [6.45, 7) is 3.73. The minimum atomic E-state index is -4.34. The average Bonchev–Trinajstić information content (AvgIpc) is 2.49. The Morgan fingerprint density at radius 2 is 1.96 bits per heavy atom.